The number of imidazole rings is 1. The van der Waals surface area contributed by atoms with Gasteiger partial charge in [-0.05, 0) is 19.4 Å². The van der Waals surface area contributed by atoms with Gasteiger partial charge in [0.25, 0.3) is 0 Å². The molecule has 0 aliphatic heterocycles. The van der Waals surface area contributed by atoms with Gasteiger partial charge in [-0.25, -0.2) is 4.98 Å². The normalized spacial score (nSPS) is 11.6. The predicted molar refractivity (Wildman–Crippen MR) is 79.9 cm³/mol. The third kappa shape index (κ3) is 3.92. The van der Waals surface area contributed by atoms with Crippen LogP contribution in [0, 0.1) is 0 Å². The quantitative estimate of drug-likeness (QED) is 0.693. The minimum absolute atomic E-state index is 0. The van der Waals surface area contributed by atoms with E-state index in [1.54, 1.807) is 24.3 Å². The Balaban J connectivity index is 0.00000220. The summed E-state index contributed by atoms with van der Waals surface area (Å²) in [7, 11) is 0. The van der Waals surface area contributed by atoms with Crippen LogP contribution in [0.15, 0.2) is 30.5 Å². The van der Waals surface area contributed by atoms with Crippen molar-refractivity contribution in [2.75, 3.05) is 0 Å². The Bertz CT molecular complexity index is 589. The van der Waals surface area contributed by atoms with Gasteiger partial charge in [0.2, 0.25) is 0 Å². The van der Waals surface area contributed by atoms with Crippen molar-refractivity contribution < 1.29 is 13.2 Å². The molecular formula is C14H15Cl2F3N2. The first-order valence-electron chi connectivity index (χ1n) is 6.14. The third-order valence-electron chi connectivity index (χ3n) is 2.95. The average molecular weight is 339 g/mol. The fourth-order valence-corrected chi connectivity index (χ4v) is 2.06. The summed E-state index contributed by atoms with van der Waals surface area (Å²) >= 11 is 5.70. The van der Waals surface area contributed by atoms with E-state index in [0.29, 0.717) is 17.3 Å². The molecule has 21 heavy (non-hydrogen) atoms. The Labute approximate surface area is 132 Å². The molecule has 1 heterocycles. The van der Waals surface area contributed by atoms with Gasteiger partial charge in [-0.1, -0.05) is 24.3 Å². The Kier molecular flexibility index (Phi) is 5.70. The number of halogens is 5. The van der Waals surface area contributed by atoms with E-state index in [9.17, 15) is 13.2 Å². The molecule has 2 aromatic rings. The van der Waals surface area contributed by atoms with E-state index >= 15 is 0 Å². The minimum Gasteiger partial charge on any atom is -0.328 e. The Morgan fingerprint density at radius 3 is 2.19 bits per heavy atom. The molecule has 0 fully saturated rings. The fraction of sp³-hybridized carbons (Fsp3) is 0.357. The van der Waals surface area contributed by atoms with Crippen molar-refractivity contribution in [3.8, 4) is 11.4 Å². The van der Waals surface area contributed by atoms with Crippen molar-refractivity contribution in [1.29, 1.82) is 0 Å². The Hall–Kier alpha value is -1.20. The summed E-state index contributed by atoms with van der Waals surface area (Å²) < 4.78 is 39.9. The maximum atomic E-state index is 12.8. The van der Waals surface area contributed by atoms with Crippen LogP contribution in [0.2, 0.25) is 0 Å². The molecule has 0 amide bonds. The Morgan fingerprint density at radius 2 is 1.76 bits per heavy atom. The highest BCUT2D eigenvalue weighted by Crippen LogP contribution is 2.32. The molecule has 0 saturated carbocycles. The second-order valence-electron chi connectivity index (χ2n) is 4.78. The number of alkyl halides is 4. The van der Waals surface area contributed by atoms with E-state index in [0.717, 1.165) is 11.8 Å². The van der Waals surface area contributed by atoms with E-state index < -0.39 is 11.9 Å². The molecule has 0 radical (unpaired) electrons. The van der Waals surface area contributed by atoms with E-state index in [1.807, 2.05) is 13.8 Å². The number of benzene rings is 1. The van der Waals surface area contributed by atoms with Gasteiger partial charge < -0.3 is 4.57 Å². The van der Waals surface area contributed by atoms with Crippen LogP contribution in [-0.2, 0) is 12.1 Å². The molecule has 0 bridgehead atoms. The highest BCUT2D eigenvalue weighted by molar-refractivity contribution is 6.17. The zero-order valence-electron chi connectivity index (χ0n) is 11.5. The van der Waals surface area contributed by atoms with Gasteiger partial charge in [0.15, 0.2) is 5.69 Å². The molecule has 1 aromatic heterocycles. The first-order chi connectivity index (χ1) is 9.32. The van der Waals surface area contributed by atoms with Gasteiger partial charge in [0, 0.05) is 23.7 Å². The van der Waals surface area contributed by atoms with Gasteiger partial charge in [-0.15, -0.1) is 24.0 Å². The molecule has 116 valence electrons. The van der Waals surface area contributed by atoms with Crippen molar-refractivity contribution in [2.24, 2.45) is 0 Å². The van der Waals surface area contributed by atoms with Crippen LogP contribution in [0.1, 0.15) is 31.1 Å². The molecule has 0 unspecified atom stereocenters. The first kappa shape index (κ1) is 17.9. The molecule has 7 heteroatoms. The zero-order chi connectivity index (χ0) is 14.9. The summed E-state index contributed by atoms with van der Waals surface area (Å²) in [5, 5.41) is 0. The van der Waals surface area contributed by atoms with Crippen molar-refractivity contribution in [3.05, 3.63) is 41.7 Å². The van der Waals surface area contributed by atoms with Crippen LogP contribution in [0.25, 0.3) is 11.4 Å². The summed E-state index contributed by atoms with van der Waals surface area (Å²) in [5.41, 5.74) is 0.680. The van der Waals surface area contributed by atoms with Gasteiger partial charge in [0.1, 0.15) is 5.82 Å². The van der Waals surface area contributed by atoms with Crippen molar-refractivity contribution >= 4 is 24.0 Å². The third-order valence-corrected chi connectivity index (χ3v) is 3.25. The number of aromatic nitrogens is 2. The molecule has 2 nitrogen and oxygen atoms in total. The largest absolute Gasteiger partial charge is 0.434 e. The lowest BCUT2D eigenvalue weighted by Crippen LogP contribution is -2.05. The van der Waals surface area contributed by atoms with E-state index in [2.05, 4.69) is 4.98 Å². The topological polar surface area (TPSA) is 17.8 Å². The van der Waals surface area contributed by atoms with Crippen molar-refractivity contribution in [1.82, 2.24) is 9.55 Å². The van der Waals surface area contributed by atoms with Crippen molar-refractivity contribution in [2.45, 2.75) is 31.9 Å². The second-order valence-corrected chi connectivity index (χ2v) is 5.05. The van der Waals surface area contributed by atoms with Gasteiger partial charge in [-0.2, -0.15) is 13.2 Å². The lowest BCUT2D eigenvalue weighted by atomic mass is 10.1. The van der Waals surface area contributed by atoms with Crippen LogP contribution < -0.4 is 0 Å². The monoisotopic (exact) mass is 338 g/mol. The average Bonchev–Trinajstić information content (AvgIpc) is 2.84. The SMILES string of the molecule is CC(C)n1cc(C(F)(F)F)nc1-c1ccc(CCl)cc1.Cl. The Morgan fingerprint density at radius 1 is 1.19 bits per heavy atom. The zero-order valence-corrected chi connectivity index (χ0v) is 13.1. The van der Waals surface area contributed by atoms with Crippen LogP contribution in [0.5, 0.6) is 0 Å². The van der Waals surface area contributed by atoms with E-state index in [4.69, 9.17) is 11.6 Å². The molecule has 0 saturated heterocycles. The van der Waals surface area contributed by atoms with Crippen LogP contribution in [-0.4, -0.2) is 9.55 Å². The maximum Gasteiger partial charge on any atom is 0.434 e. The minimum atomic E-state index is -4.44. The number of nitrogens with zero attached hydrogens (tertiary/aromatic N) is 2. The van der Waals surface area contributed by atoms with Gasteiger partial charge in [0.05, 0.1) is 0 Å². The number of hydrogen-bond donors (Lipinski definition) is 0. The fourth-order valence-electron chi connectivity index (χ4n) is 1.88. The lowest BCUT2D eigenvalue weighted by molar-refractivity contribution is -0.140. The maximum absolute atomic E-state index is 12.8. The number of rotatable bonds is 3. The summed E-state index contributed by atoms with van der Waals surface area (Å²) in [6, 6.07) is 6.93. The molecule has 0 N–H and O–H groups in total. The standard InChI is InChI=1S/C14H14ClF3N2.ClH/c1-9(2)20-8-12(14(16,17)18)19-13(20)11-5-3-10(7-15)4-6-11;/h3-6,8-9H,7H2,1-2H3;1H. The molecule has 0 atom stereocenters. The summed E-state index contributed by atoms with van der Waals surface area (Å²) in [6.07, 6.45) is -3.39. The van der Waals surface area contributed by atoms with Crippen LogP contribution in [0.4, 0.5) is 13.2 Å². The highest BCUT2D eigenvalue weighted by Gasteiger charge is 2.35. The van der Waals surface area contributed by atoms with E-state index in [1.165, 1.54) is 4.57 Å². The first-order valence-corrected chi connectivity index (χ1v) is 6.67. The second kappa shape index (κ2) is 6.71. The molecule has 0 spiro atoms. The summed E-state index contributed by atoms with van der Waals surface area (Å²) in [5.74, 6) is 0.681. The summed E-state index contributed by atoms with van der Waals surface area (Å²) in [4.78, 5) is 3.73. The van der Waals surface area contributed by atoms with Gasteiger partial charge in [-0.3, -0.25) is 0 Å². The number of hydrogen-bond acceptors (Lipinski definition) is 1. The van der Waals surface area contributed by atoms with Crippen LogP contribution in [0.3, 0.4) is 0 Å². The van der Waals surface area contributed by atoms with E-state index in [-0.39, 0.29) is 18.4 Å². The smallest absolute Gasteiger partial charge is 0.328 e. The summed E-state index contributed by atoms with van der Waals surface area (Å²) in [6.45, 7) is 3.64. The molecule has 0 aliphatic carbocycles. The van der Waals surface area contributed by atoms with Crippen molar-refractivity contribution in [3.63, 3.8) is 0 Å². The van der Waals surface area contributed by atoms with Gasteiger partial charge >= 0.3 is 6.18 Å². The lowest BCUT2D eigenvalue weighted by Gasteiger charge is -2.11. The predicted octanol–water partition coefficient (Wildman–Crippen LogP) is 5.31. The highest BCUT2D eigenvalue weighted by atomic mass is 35.5. The molecule has 2 rings (SSSR count). The van der Waals surface area contributed by atoms with Crippen LogP contribution >= 0.6 is 24.0 Å². The molecule has 1 aromatic carbocycles. The molecular weight excluding hydrogens is 324 g/mol. The molecule has 0 aliphatic rings.